The van der Waals surface area contributed by atoms with Gasteiger partial charge in [0.2, 0.25) is 0 Å². The summed E-state index contributed by atoms with van der Waals surface area (Å²) in [6.07, 6.45) is 6.20. The lowest BCUT2D eigenvalue weighted by Crippen LogP contribution is -2.24. The van der Waals surface area contributed by atoms with E-state index >= 15 is 0 Å². The largest absolute Gasteiger partial charge is 0.396 e. The molecule has 2 nitrogen and oxygen atoms in total. The molecule has 3 atom stereocenters. The van der Waals surface area contributed by atoms with Crippen molar-refractivity contribution >= 4 is 0 Å². The molecule has 2 rings (SSSR count). The Kier molecular flexibility index (Phi) is 1.69. The molecule has 0 heterocycles. The Morgan fingerprint density at radius 1 is 1.45 bits per heavy atom. The third kappa shape index (κ3) is 1.18. The molecule has 0 radical (unpaired) electrons. The van der Waals surface area contributed by atoms with Crippen molar-refractivity contribution in [2.45, 2.75) is 38.1 Å². The van der Waals surface area contributed by atoms with Gasteiger partial charge in [0.15, 0.2) is 0 Å². The van der Waals surface area contributed by atoms with Crippen LogP contribution in [0, 0.1) is 11.3 Å². The first-order chi connectivity index (χ1) is 5.27. The maximum Gasteiger partial charge on any atom is 0.0459 e. The molecule has 3 unspecified atom stereocenters. The molecule has 0 aromatic heterocycles. The molecule has 0 bridgehead atoms. The second kappa shape index (κ2) is 2.46. The van der Waals surface area contributed by atoms with Gasteiger partial charge in [-0.3, -0.25) is 0 Å². The lowest BCUT2D eigenvalue weighted by atomic mass is 9.79. The van der Waals surface area contributed by atoms with Crippen molar-refractivity contribution in [3.63, 3.8) is 0 Å². The highest BCUT2D eigenvalue weighted by atomic mass is 16.3. The van der Waals surface area contributed by atoms with Crippen LogP contribution in [-0.2, 0) is 0 Å². The van der Waals surface area contributed by atoms with E-state index < -0.39 is 0 Å². The zero-order valence-corrected chi connectivity index (χ0v) is 6.92. The van der Waals surface area contributed by atoms with Gasteiger partial charge in [-0.15, -0.1) is 0 Å². The van der Waals surface area contributed by atoms with E-state index in [4.69, 9.17) is 10.8 Å². The molecule has 2 aliphatic carbocycles. The van der Waals surface area contributed by atoms with Crippen molar-refractivity contribution in [1.29, 1.82) is 0 Å². The monoisotopic (exact) mass is 155 g/mol. The van der Waals surface area contributed by atoms with Crippen LogP contribution in [0.3, 0.4) is 0 Å². The van der Waals surface area contributed by atoms with E-state index in [1.54, 1.807) is 0 Å². The molecule has 0 aromatic rings. The third-order valence-electron chi connectivity index (χ3n) is 3.49. The van der Waals surface area contributed by atoms with Crippen molar-refractivity contribution in [2.24, 2.45) is 17.1 Å². The topological polar surface area (TPSA) is 46.2 Å². The first kappa shape index (κ1) is 7.56. The van der Waals surface area contributed by atoms with Crippen LogP contribution in [0.25, 0.3) is 0 Å². The second-order valence-electron chi connectivity index (χ2n) is 4.32. The van der Waals surface area contributed by atoms with Crippen molar-refractivity contribution in [1.82, 2.24) is 0 Å². The fourth-order valence-corrected chi connectivity index (χ4v) is 2.58. The Labute approximate surface area is 67.8 Å². The number of rotatable bonds is 1. The molecule has 11 heavy (non-hydrogen) atoms. The normalized spacial score (nSPS) is 49.6. The Hall–Kier alpha value is -0.0800. The lowest BCUT2D eigenvalue weighted by molar-refractivity contribution is 0.149. The number of nitrogens with two attached hydrogens (primary N) is 1. The van der Waals surface area contributed by atoms with Crippen LogP contribution in [0.4, 0.5) is 0 Å². The molecular weight excluding hydrogens is 138 g/mol. The predicted molar refractivity (Wildman–Crippen MR) is 44.1 cm³/mol. The standard InChI is InChI=1S/C9H17NO/c10-8-5-9(8)3-1-2-7(4-9)6-11/h7-8,11H,1-6,10H2. The maximum atomic E-state index is 9.00. The summed E-state index contributed by atoms with van der Waals surface area (Å²) in [5.74, 6) is 0.553. The van der Waals surface area contributed by atoms with Crippen LogP contribution >= 0.6 is 0 Å². The molecule has 0 amide bonds. The molecule has 64 valence electrons. The van der Waals surface area contributed by atoms with Crippen LogP contribution in [0.2, 0.25) is 0 Å². The summed E-state index contributed by atoms with van der Waals surface area (Å²) >= 11 is 0. The SMILES string of the molecule is NC1CC12CCCC(CO)C2. The first-order valence-corrected chi connectivity index (χ1v) is 4.63. The van der Waals surface area contributed by atoms with Crippen molar-refractivity contribution in [3.8, 4) is 0 Å². The molecule has 0 aromatic carbocycles. The van der Waals surface area contributed by atoms with Gasteiger partial charge in [0, 0.05) is 12.6 Å². The van der Waals surface area contributed by atoms with Gasteiger partial charge in [0.1, 0.15) is 0 Å². The average molecular weight is 155 g/mol. The summed E-state index contributed by atoms with van der Waals surface area (Å²) in [5, 5.41) is 9.00. The van der Waals surface area contributed by atoms with Gasteiger partial charge in [-0.2, -0.15) is 0 Å². The van der Waals surface area contributed by atoms with Crippen molar-refractivity contribution in [2.75, 3.05) is 6.61 Å². The molecule has 2 saturated carbocycles. The third-order valence-corrected chi connectivity index (χ3v) is 3.49. The van der Waals surface area contributed by atoms with Gasteiger partial charge < -0.3 is 10.8 Å². The first-order valence-electron chi connectivity index (χ1n) is 4.63. The zero-order valence-electron chi connectivity index (χ0n) is 6.92. The van der Waals surface area contributed by atoms with E-state index in [-0.39, 0.29) is 0 Å². The summed E-state index contributed by atoms with van der Waals surface area (Å²) in [5.41, 5.74) is 6.35. The molecule has 2 aliphatic rings. The van der Waals surface area contributed by atoms with E-state index in [9.17, 15) is 0 Å². The highest BCUT2D eigenvalue weighted by Gasteiger charge is 2.53. The van der Waals surface area contributed by atoms with Gasteiger partial charge in [-0.05, 0) is 37.0 Å². The van der Waals surface area contributed by atoms with Gasteiger partial charge in [0.25, 0.3) is 0 Å². The minimum atomic E-state index is 0.370. The molecule has 1 spiro atoms. The molecule has 0 aliphatic heterocycles. The van der Waals surface area contributed by atoms with E-state index in [0.717, 1.165) is 0 Å². The second-order valence-corrected chi connectivity index (χ2v) is 4.32. The number of aliphatic hydroxyl groups excluding tert-OH is 1. The number of hydrogen-bond acceptors (Lipinski definition) is 2. The molecular formula is C9H17NO. The minimum Gasteiger partial charge on any atom is -0.396 e. The smallest absolute Gasteiger partial charge is 0.0459 e. The Bertz CT molecular complexity index is 160. The highest BCUT2D eigenvalue weighted by molar-refractivity contribution is 5.08. The summed E-state index contributed by atoms with van der Waals surface area (Å²) in [6, 6.07) is 0.455. The van der Waals surface area contributed by atoms with E-state index in [1.165, 1.54) is 32.1 Å². The van der Waals surface area contributed by atoms with E-state index in [0.29, 0.717) is 24.0 Å². The van der Waals surface area contributed by atoms with Crippen LogP contribution in [0.1, 0.15) is 32.1 Å². The summed E-state index contributed by atoms with van der Waals surface area (Å²) in [4.78, 5) is 0. The van der Waals surface area contributed by atoms with Crippen LogP contribution in [0.5, 0.6) is 0 Å². The van der Waals surface area contributed by atoms with Crippen molar-refractivity contribution < 1.29 is 5.11 Å². The molecule has 3 N–H and O–H groups in total. The van der Waals surface area contributed by atoms with Crippen LogP contribution in [-0.4, -0.2) is 17.8 Å². The quantitative estimate of drug-likeness (QED) is 0.590. The van der Waals surface area contributed by atoms with Gasteiger partial charge in [0.05, 0.1) is 0 Å². The lowest BCUT2D eigenvalue weighted by Gasteiger charge is -2.28. The van der Waals surface area contributed by atoms with E-state index in [2.05, 4.69) is 0 Å². The van der Waals surface area contributed by atoms with Gasteiger partial charge >= 0.3 is 0 Å². The van der Waals surface area contributed by atoms with Gasteiger partial charge in [-0.25, -0.2) is 0 Å². The Balaban J connectivity index is 1.94. The highest BCUT2D eigenvalue weighted by Crippen LogP contribution is 2.56. The maximum absolute atomic E-state index is 9.00. The average Bonchev–Trinajstić information content (AvgIpc) is 2.61. The molecule has 0 saturated heterocycles. The van der Waals surface area contributed by atoms with Crippen LogP contribution in [0.15, 0.2) is 0 Å². The van der Waals surface area contributed by atoms with Crippen molar-refractivity contribution in [3.05, 3.63) is 0 Å². The Morgan fingerprint density at radius 3 is 2.73 bits per heavy atom. The zero-order chi connectivity index (χ0) is 7.90. The molecule has 2 heteroatoms. The summed E-state index contributed by atoms with van der Waals surface area (Å²) in [7, 11) is 0. The Morgan fingerprint density at radius 2 is 2.18 bits per heavy atom. The van der Waals surface area contributed by atoms with Gasteiger partial charge in [-0.1, -0.05) is 6.42 Å². The number of hydrogen-bond donors (Lipinski definition) is 2. The predicted octanol–water partition coefficient (Wildman–Crippen LogP) is 0.886. The fraction of sp³-hybridized carbons (Fsp3) is 1.00. The van der Waals surface area contributed by atoms with E-state index in [1.807, 2.05) is 0 Å². The van der Waals surface area contributed by atoms with Crippen LogP contribution < -0.4 is 5.73 Å². The summed E-state index contributed by atoms with van der Waals surface area (Å²) < 4.78 is 0. The summed E-state index contributed by atoms with van der Waals surface area (Å²) in [6.45, 7) is 0.370. The number of aliphatic hydroxyl groups is 1. The molecule has 2 fully saturated rings. The fourth-order valence-electron chi connectivity index (χ4n) is 2.58. The minimum absolute atomic E-state index is 0.370.